The van der Waals surface area contributed by atoms with E-state index >= 15 is 0 Å². The Bertz CT molecular complexity index is 305. The van der Waals surface area contributed by atoms with Gasteiger partial charge in [-0.25, -0.2) is 0 Å². The molecular formula is C12H19ClN2. The minimum atomic E-state index is 0.196. The van der Waals surface area contributed by atoms with Crippen LogP contribution >= 0.6 is 11.6 Å². The van der Waals surface area contributed by atoms with Gasteiger partial charge in [0.05, 0.1) is 5.02 Å². The predicted octanol–water partition coefficient (Wildman–Crippen LogP) is 3.06. The molecule has 0 bridgehead atoms. The van der Waals surface area contributed by atoms with Gasteiger partial charge in [-0.1, -0.05) is 11.6 Å². The highest BCUT2D eigenvalue weighted by Gasteiger charge is 2.07. The first-order valence-corrected chi connectivity index (χ1v) is 5.70. The SMILES string of the molecule is CC(C)(C)NCCCc1ccncc1Cl. The fourth-order valence-electron chi connectivity index (χ4n) is 1.35. The van der Waals surface area contributed by atoms with E-state index in [0.29, 0.717) is 0 Å². The number of hydrogen-bond acceptors (Lipinski definition) is 2. The van der Waals surface area contributed by atoms with Crippen LogP contribution in [0.4, 0.5) is 0 Å². The van der Waals surface area contributed by atoms with E-state index in [1.807, 2.05) is 6.07 Å². The average Bonchev–Trinajstić information content (AvgIpc) is 2.13. The Morgan fingerprint density at radius 2 is 2.13 bits per heavy atom. The van der Waals surface area contributed by atoms with Gasteiger partial charge >= 0.3 is 0 Å². The lowest BCUT2D eigenvalue weighted by Crippen LogP contribution is -2.36. The zero-order valence-corrected chi connectivity index (χ0v) is 10.4. The van der Waals surface area contributed by atoms with Crippen LogP contribution in [-0.2, 0) is 6.42 Å². The highest BCUT2D eigenvalue weighted by Crippen LogP contribution is 2.14. The number of nitrogens with zero attached hydrogens (tertiary/aromatic N) is 1. The largest absolute Gasteiger partial charge is 0.312 e. The molecule has 0 fully saturated rings. The van der Waals surface area contributed by atoms with E-state index in [1.54, 1.807) is 12.4 Å². The molecule has 15 heavy (non-hydrogen) atoms. The second-order valence-corrected chi connectivity index (χ2v) is 5.15. The Hall–Kier alpha value is -0.600. The van der Waals surface area contributed by atoms with Gasteiger partial charge in [0.1, 0.15) is 0 Å². The molecule has 1 N–H and O–H groups in total. The fourth-order valence-corrected chi connectivity index (χ4v) is 1.56. The van der Waals surface area contributed by atoms with Crippen molar-refractivity contribution in [3.8, 4) is 0 Å². The van der Waals surface area contributed by atoms with E-state index in [-0.39, 0.29) is 5.54 Å². The van der Waals surface area contributed by atoms with Crippen LogP contribution in [0.5, 0.6) is 0 Å². The van der Waals surface area contributed by atoms with Crippen LogP contribution in [0.1, 0.15) is 32.8 Å². The lowest BCUT2D eigenvalue weighted by Gasteiger charge is -2.20. The Labute approximate surface area is 97.1 Å². The Balaban J connectivity index is 2.30. The summed E-state index contributed by atoms with van der Waals surface area (Å²) in [6.07, 6.45) is 5.60. The molecule has 0 aliphatic carbocycles. The smallest absolute Gasteiger partial charge is 0.0621 e. The molecule has 0 spiro atoms. The lowest BCUT2D eigenvalue weighted by atomic mass is 10.1. The van der Waals surface area contributed by atoms with Gasteiger partial charge < -0.3 is 5.32 Å². The summed E-state index contributed by atoms with van der Waals surface area (Å²) in [5.74, 6) is 0. The van der Waals surface area contributed by atoms with Gasteiger partial charge in [0, 0.05) is 17.9 Å². The van der Waals surface area contributed by atoms with Crippen molar-refractivity contribution >= 4 is 11.6 Å². The molecule has 3 heteroatoms. The van der Waals surface area contributed by atoms with Crippen LogP contribution in [0.25, 0.3) is 0 Å². The molecule has 0 unspecified atom stereocenters. The summed E-state index contributed by atoms with van der Waals surface area (Å²) in [7, 11) is 0. The van der Waals surface area contributed by atoms with Crippen molar-refractivity contribution in [3.05, 3.63) is 29.0 Å². The number of aromatic nitrogens is 1. The van der Waals surface area contributed by atoms with Gasteiger partial charge in [0.2, 0.25) is 0 Å². The van der Waals surface area contributed by atoms with Gasteiger partial charge in [-0.05, 0) is 51.8 Å². The maximum absolute atomic E-state index is 6.01. The van der Waals surface area contributed by atoms with Gasteiger partial charge in [0.15, 0.2) is 0 Å². The first kappa shape index (κ1) is 12.5. The minimum Gasteiger partial charge on any atom is -0.312 e. The summed E-state index contributed by atoms with van der Waals surface area (Å²) in [6, 6.07) is 1.99. The zero-order valence-electron chi connectivity index (χ0n) is 9.68. The molecule has 0 saturated carbocycles. The van der Waals surface area contributed by atoms with Crippen molar-refractivity contribution in [1.29, 1.82) is 0 Å². The monoisotopic (exact) mass is 226 g/mol. The maximum atomic E-state index is 6.01. The summed E-state index contributed by atoms with van der Waals surface area (Å²) >= 11 is 6.01. The van der Waals surface area contributed by atoms with Crippen LogP contribution in [0.15, 0.2) is 18.5 Å². The molecule has 1 aromatic rings. The summed E-state index contributed by atoms with van der Waals surface area (Å²) in [6.45, 7) is 7.54. The van der Waals surface area contributed by atoms with Crippen LogP contribution in [0.2, 0.25) is 5.02 Å². The van der Waals surface area contributed by atoms with Gasteiger partial charge in [-0.2, -0.15) is 0 Å². The molecule has 2 nitrogen and oxygen atoms in total. The first-order valence-electron chi connectivity index (χ1n) is 5.32. The number of aryl methyl sites for hydroxylation is 1. The molecule has 0 amide bonds. The van der Waals surface area contributed by atoms with E-state index in [0.717, 1.165) is 24.4 Å². The highest BCUT2D eigenvalue weighted by atomic mass is 35.5. The Morgan fingerprint density at radius 3 is 2.73 bits per heavy atom. The molecule has 0 aliphatic rings. The summed E-state index contributed by atoms with van der Waals surface area (Å²) in [5, 5.41) is 4.22. The first-order chi connectivity index (χ1) is 6.99. The topological polar surface area (TPSA) is 24.9 Å². The van der Waals surface area contributed by atoms with E-state index in [1.165, 1.54) is 5.56 Å². The average molecular weight is 227 g/mol. The van der Waals surface area contributed by atoms with Crippen molar-refractivity contribution in [2.45, 2.75) is 39.2 Å². The maximum Gasteiger partial charge on any atom is 0.0621 e. The van der Waals surface area contributed by atoms with E-state index in [4.69, 9.17) is 11.6 Å². The molecule has 0 saturated heterocycles. The van der Waals surface area contributed by atoms with Gasteiger partial charge in [-0.15, -0.1) is 0 Å². The van der Waals surface area contributed by atoms with Gasteiger partial charge in [-0.3, -0.25) is 4.98 Å². The van der Waals surface area contributed by atoms with Crippen molar-refractivity contribution in [2.75, 3.05) is 6.54 Å². The molecule has 1 rings (SSSR count). The van der Waals surface area contributed by atoms with Crippen molar-refractivity contribution in [1.82, 2.24) is 10.3 Å². The normalized spacial score (nSPS) is 11.7. The van der Waals surface area contributed by atoms with E-state index in [9.17, 15) is 0 Å². The number of nitrogens with one attached hydrogen (secondary N) is 1. The molecular weight excluding hydrogens is 208 g/mol. The fraction of sp³-hybridized carbons (Fsp3) is 0.583. The Morgan fingerprint density at radius 1 is 1.40 bits per heavy atom. The summed E-state index contributed by atoms with van der Waals surface area (Å²) in [4.78, 5) is 3.96. The number of pyridine rings is 1. The van der Waals surface area contributed by atoms with Crippen LogP contribution in [0, 0.1) is 0 Å². The minimum absolute atomic E-state index is 0.196. The van der Waals surface area contributed by atoms with Crippen LogP contribution in [0.3, 0.4) is 0 Å². The van der Waals surface area contributed by atoms with Crippen molar-refractivity contribution < 1.29 is 0 Å². The third-order valence-electron chi connectivity index (χ3n) is 2.13. The number of rotatable bonds is 4. The van der Waals surface area contributed by atoms with Crippen molar-refractivity contribution in [3.63, 3.8) is 0 Å². The standard InChI is InChI=1S/C12H19ClN2/c1-12(2,3)15-7-4-5-10-6-8-14-9-11(10)13/h6,8-9,15H,4-5,7H2,1-3H3. The summed E-state index contributed by atoms with van der Waals surface area (Å²) in [5.41, 5.74) is 1.38. The second kappa shape index (κ2) is 5.47. The number of halogens is 1. The van der Waals surface area contributed by atoms with Gasteiger partial charge in [0.25, 0.3) is 0 Å². The van der Waals surface area contributed by atoms with Crippen LogP contribution in [-0.4, -0.2) is 17.1 Å². The molecule has 0 radical (unpaired) electrons. The van der Waals surface area contributed by atoms with Crippen LogP contribution < -0.4 is 5.32 Å². The summed E-state index contributed by atoms with van der Waals surface area (Å²) < 4.78 is 0. The third kappa shape index (κ3) is 5.14. The molecule has 84 valence electrons. The zero-order chi connectivity index (χ0) is 11.3. The Kier molecular flexibility index (Phi) is 4.55. The molecule has 0 atom stereocenters. The highest BCUT2D eigenvalue weighted by molar-refractivity contribution is 6.31. The predicted molar refractivity (Wildman–Crippen MR) is 65.3 cm³/mol. The molecule has 0 aromatic carbocycles. The number of hydrogen-bond donors (Lipinski definition) is 1. The van der Waals surface area contributed by atoms with E-state index in [2.05, 4.69) is 31.1 Å². The quantitative estimate of drug-likeness (QED) is 0.799. The van der Waals surface area contributed by atoms with Crippen molar-refractivity contribution in [2.24, 2.45) is 0 Å². The molecule has 1 heterocycles. The molecule has 1 aromatic heterocycles. The lowest BCUT2D eigenvalue weighted by molar-refractivity contribution is 0.422. The third-order valence-corrected chi connectivity index (χ3v) is 2.47. The second-order valence-electron chi connectivity index (χ2n) is 4.75. The van der Waals surface area contributed by atoms with E-state index < -0.39 is 0 Å². The molecule has 0 aliphatic heterocycles.